The Morgan fingerprint density at radius 2 is 1.75 bits per heavy atom. The van der Waals surface area contributed by atoms with E-state index < -0.39 is 0 Å². The van der Waals surface area contributed by atoms with E-state index in [9.17, 15) is 5.11 Å². The molecular weight excluding hydrogens is 348 g/mol. The summed E-state index contributed by atoms with van der Waals surface area (Å²) in [5, 5.41) is 12.2. The van der Waals surface area contributed by atoms with Crippen molar-refractivity contribution in [3.8, 4) is 17.0 Å². The molecule has 28 heavy (non-hydrogen) atoms. The minimum absolute atomic E-state index is 0.0460. The third-order valence-electron chi connectivity index (χ3n) is 4.72. The van der Waals surface area contributed by atoms with Gasteiger partial charge in [-0.25, -0.2) is 4.98 Å². The molecule has 2 N–H and O–H groups in total. The number of benzene rings is 2. The molecule has 2 aromatic carbocycles. The van der Waals surface area contributed by atoms with Crippen LogP contribution in [-0.2, 0) is 0 Å². The average molecular weight is 364 g/mol. The van der Waals surface area contributed by atoms with Gasteiger partial charge in [0.05, 0.1) is 16.8 Å². The fraction of sp³-hybridized carbons (Fsp3) is 0. The predicted octanol–water partition coefficient (Wildman–Crippen LogP) is 5.23. The number of hydrogen-bond acceptors (Lipinski definition) is 4. The lowest BCUT2D eigenvalue weighted by Gasteiger charge is -2.02. The van der Waals surface area contributed by atoms with E-state index in [1.54, 1.807) is 18.6 Å². The maximum Gasteiger partial charge on any atom is 0.199 e. The summed E-state index contributed by atoms with van der Waals surface area (Å²) < 4.78 is 0. The van der Waals surface area contributed by atoms with Crippen molar-refractivity contribution in [2.45, 2.75) is 0 Å². The third kappa shape index (κ3) is 2.79. The summed E-state index contributed by atoms with van der Waals surface area (Å²) in [7, 11) is 0. The average Bonchev–Trinajstić information content (AvgIpc) is 3.07. The highest BCUT2D eigenvalue weighted by atomic mass is 16.3. The molecule has 0 unspecified atom stereocenters. The van der Waals surface area contributed by atoms with Gasteiger partial charge in [-0.2, -0.15) is 0 Å². The Balaban J connectivity index is 1.62. The van der Waals surface area contributed by atoms with Crippen LogP contribution < -0.4 is 0 Å². The van der Waals surface area contributed by atoms with Crippen molar-refractivity contribution >= 4 is 33.8 Å². The SMILES string of the molecule is Oc1[nH]c2ncc(-c3ccccc3)cc2c1C=Nc1cccc2cccnc12. The molecule has 0 aliphatic carbocycles. The molecule has 5 rings (SSSR count). The number of aromatic amines is 1. The first-order valence-electron chi connectivity index (χ1n) is 8.93. The molecule has 0 fully saturated rings. The Hall–Kier alpha value is -3.99. The molecule has 0 amide bonds. The molecule has 5 heteroatoms. The number of para-hydroxylation sites is 1. The van der Waals surface area contributed by atoms with Crippen LogP contribution in [0.25, 0.3) is 33.1 Å². The lowest BCUT2D eigenvalue weighted by molar-refractivity contribution is 0.457. The van der Waals surface area contributed by atoms with E-state index in [1.807, 2.05) is 66.7 Å². The number of pyridine rings is 2. The molecule has 0 saturated carbocycles. The number of nitrogens with zero attached hydrogens (tertiary/aromatic N) is 3. The van der Waals surface area contributed by atoms with Crippen molar-refractivity contribution in [3.63, 3.8) is 0 Å². The first-order chi connectivity index (χ1) is 13.8. The number of hydrogen-bond donors (Lipinski definition) is 2. The lowest BCUT2D eigenvalue weighted by Crippen LogP contribution is -1.84. The van der Waals surface area contributed by atoms with Crippen LogP contribution >= 0.6 is 0 Å². The van der Waals surface area contributed by atoms with E-state index in [0.29, 0.717) is 11.2 Å². The molecule has 0 atom stereocenters. The molecule has 0 bridgehead atoms. The number of nitrogens with one attached hydrogen (secondary N) is 1. The predicted molar refractivity (Wildman–Crippen MR) is 112 cm³/mol. The van der Waals surface area contributed by atoms with Crippen molar-refractivity contribution in [1.29, 1.82) is 0 Å². The molecule has 5 nitrogen and oxygen atoms in total. The van der Waals surface area contributed by atoms with Crippen molar-refractivity contribution < 1.29 is 5.11 Å². The maximum absolute atomic E-state index is 10.4. The zero-order chi connectivity index (χ0) is 18.9. The Labute approximate surface area is 161 Å². The smallest absolute Gasteiger partial charge is 0.199 e. The summed E-state index contributed by atoms with van der Waals surface area (Å²) in [5.74, 6) is 0.0460. The van der Waals surface area contributed by atoms with E-state index in [2.05, 4.69) is 19.9 Å². The third-order valence-corrected chi connectivity index (χ3v) is 4.72. The number of aromatic nitrogens is 3. The van der Waals surface area contributed by atoms with Crippen LogP contribution in [0, 0.1) is 0 Å². The number of H-pyrrole nitrogens is 1. The minimum atomic E-state index is 0.0460. The summed E-state index contributed by atoms with van der Waals surface area (Å²) >= 11 is 0. The number of rotatable bonds is 3. The van der Waals surface area contributed by atoms with Crippen LogP contribution in [0.3, 0.4) is 0 Å². The van der Waals surface area contributed by atoms with Gasteiger partial charge >= 0.3 is 0 Å². The van der Waals surface area contributed by atoms with Gasteiger partial charge in [-0.05, 0) is 23.8 Å². The first kappa shape index (κ1) is 16.2. The fourth-order valence-corrected chi connectivity index (χ4v) is 3.32. The standard InChI is InChI=1S/C23H16N4O/c28-23-19(14-25-20-10-4-8-16-9-5-11-24-21(16)20)18-12-17(13-26-22(18)27-23)15-6-2-1-3-7-15/h1-14,28H,(H,26,27). The zero-order valence-electron chi connectivity index (χ0n) is 14.9. The largest absolute Gasteiger partial charge is 0.494 e. The summed E-state index contributed by atoms with van der Waals surface area (Å²) in [4.78, 5) is 16.4. The Morgan fingerprint density at radius 3 is 2.64 bits per heavy atom. The van der Waals surface area contributed by atoms with Crippen LogP contribution in [0.1, 0.15) is 5.56 Å². The van der Waals surface area contributed by atoms with E-state index in [0.717, 1.165) is 33.1 Å². The first-order valence-corrected chi connectivity index (χ1v) is 8.93. The summed E-state index contributed by atoms with van der Waals surface area (Å²) in [6.45, 7) is 0. The molecule has 5 aromatic rings. The van der Waals surface area contributed by atoms with Crippen LogP contribution in [-0.4, -0.2) is 26.3 Å². The Kier molecular flexibility index (Phi) is 3.84. The molecule has 0 aliphatic rings. The van der Waals surface area contributed by atoms with Gasteiger partial charge in [-0.3, -0.25) is 9.98 Å². The molecular formula is C23H16N4O. The number of aliphatic imine (C=N–C) groups is 1. The minimum Gasteiger partial charge on any atom is -0.494 e. The highest BCUT2D eigenvalue weighted by Gasteiger charge is 2.12. The number of aromatic hydroxyl groups is 1. The molecule has 3 aromatic heterocycles. The van der Waals surface area contributed by atoms with Crippen LogP contribution in [0.5, 0.6) is 5.88 Å². The molecule has 0 aliphatic heterocycles. The van der Waals surface area contributed by atoms with Gasteiger partial charge in [-0.1, -0.05) is 48.5 Å². The van der Waals surface area contributed by atoms with E-state index in [4.69, 9.17) is 0 Å². The van der Waals surface area contributed by atoms with Crippen molar-refractivity contribution in [2.24, 2.45) is 4.99 Å². The summed E-state index contributed by atoms with van der Waals surface area (Å²) in [5.41, 5.74) is 4.85. The normalized spacial score (nSPS) is 11.6. The second-order valence-corrected chi connectivity index (χ2v) is 6.48. The lowest BCUT2D eigenvalue weighted by atomic mass is 10.1. The maximum atomic E-state index is 10.4. The Bertz CT molecular complexity index is 1320. The van der Waals surface area contributed by atoms with Crippen molar-refractivity contribution in [1.82, 2.24) is 15.0 Å². The second kappa shape index (κ2) is 6.63. The van der Waals surface area contributed by atoms with Gasteiger partial charge in [0.2, 0.25) is 0 Å². The molecule has 0 spiro atoms. The van der Waals surface area contributed by atoms with E-state index >= 15 is 0 Å². The molecule has 0 radical (unpaired) electrons. The molecule has 134 valence electrons. The highest BCUT2D eigenvalue weighted by molar-refractivity contribution is 6.03. The fourth-order valence-electron chi connectivity index (χ4n) is 3.32. The van der Waals surface area contributed by atoms with E-state index in [-0.39, 0.29) is 5.88 Å². The summed E-state index contributed by atoms with van der Waals surface area (Å²) in [6, 6.07) is 21.8. The van der Waals surface area contributed by atoms with E-state index in [1.165, 1.54) is 0 Å². The molecule has 0 saturated heterocycles. The zero-order valence-corrected chi connectivity index (χ0v) is 14.9. The van der Waals surface area contributed by atoms with Gasteiger partial charge in [0.25, 0.3) is 0 Å². The molecule has 3 heterocycles. The van der Waals surface area contributed by atoms with Crippen LogP contribution in [0.15, 0.2) is 84.1 Å². The van der Waals surface area contributed by atoms with Crippen LogP contribution in [0.2, 0.25) is 0 Å². The highest BCUT2D eigenvalue weighted by Crippen LogP contribution is 2.30. The Morgan fingerprint density at radius 1 is 0.893 bits per heavy atom. The monoisotopic (exact) mass is 364 g/mol. The van der Waals surface area contributed by atoms with Crippen molar-refractivity contribution in [2.75, 3.05) is 0 Å². The van der Waals surface area contributed by atoms with Gasteiger partial charge < -0.3 is 10.1 Å². The summed E-state index contributed by atoms with van der Waals surface area (Å²) in [6.07, 6.45) is 5.21. The van der Waals surface area contributed by atoms with Crippen LogP contribution in [0.4, 0.5) is 5.69 Å². The van der Waals surface area contributed by atoms with Gasteiger partial charge in [0, 0.05) is 34.9 Å². The van der Waals surface area contributed by atoms with Gasteiger partial charge in [0.1, 0.15) is 5.65 Å². The van der Waals surface area contributed by atoms with Gasteiger partial charge in [0.15, 0.2) is 5.88 Å². The van der Waals surface area contributed by atoms with Crippen molar-refractivity contribution in [3.05, 3.63) is 84.7 Å². The van der Waals surface area contributed by atoms with Gasteiger partial charge in [-0.15, -0.1) is 0 Å². The second-order valence-electron chi connectivity index (χ2n) is 6.48. The quantitative estimate of drug-likeness (QED) is 0.430. The number of fused-ring (bicyclic) bond motifs is 2. The topological polar surface area (TPSA) is 74.2 Å².